The first-order valence-electron chi connectivity index (χ1n) is 6.82. The number of aliphatic hydroxyl groups excluding tert-OH is 1. The van der Waals surface area contributed by atoms with Crippen LogP contribution in [0.15, 0.2) is 18.2 Å². The maximum atomic E-state index is 11.6. The molecular weight excluding hydrogens is 274 g/mol. The number of rotatable bonds is 7. The van der Waals surface area contributed by atoms with Crippen LogP contribution in [0.2, 0.25) is 0 Å². The fourth-order valence-electron chi connectivity index (χ4n) is 2.02. The van der Waals surface area contributed by atoms with Crippen molar-refractivity contribution < 1.29 is 14.8 Å². The minimum atomic E-state index is -0.781. The van der Waals surface area contributed by atoms with Gasteiger partial charge in [0.1, 0.15) is 5.69 Å². The first kappa shape index (κ1) is 16.9. The quantitative estimate of drug-likeness (QED) is 0.588. The average molecular weight is 295 g/mol. The molecule has 0 radical (unpaired) electrons. The number of aliphatic hydroxyl groups is 1. The Hall–Kier alpha value is -2.15. The molecule has 0 aliphatic carbocycles. The van der Waals surface area contributed by atoms with E-state index in [1.807, 2.05) is 6.92 Å². The number of nitro benzene ring substituents is 1. The topological polar surface area (TPSA) is 95.7 Å². The van der Waals surface area contributed by atoms with Gasteiger partial charge in [0.05, 0.1) is 17.6 Å². The molecule has 1 aromatic carbocycles. The zero-order valence-electron chi connectivity index (χ0n) is 12.5. The number of amides is 1. The summed E-state index contributed by atoms with van der Waals surface area (Å²) in [5.74, 6) is -0.211. The van der Waals surface area contributed by atoms with Gasteiger partial charge in [-0.25, -0.2) is 0 Å². The molecule has 0 fully saturated rings. The molecule has 116 valence electrons. The Morgan fingerprint density at radius 1 is 1.52 bits per heavy atom. The van der Waals surface area contributed by atoms with Gasteiger partial charge in [-0.15, -0.1) is 0 Å². The van der Waals surface area contributed by atoms with Gasteiger partial charge in [0.15, 0.2) is 0 Å². The standard InChI is InChI=1S/C14H21N3O4/c1-4-7-16(9-14(19)15-3)12-6-5-11(10(2)18)8-13(12)17(20)21/h5-6,8,10,18H,4,7,9H2,1-3H3,(H,15,19). The third-order valence-corrected chi connectivity index (χ3v) is 3.13. The van der Waals surface area contributed by atoms with E-state index in [-0.39, 0.29) is 18.1 Å². The summed E-state index contributed by atoms with van der Waals surface area (Å²) in [4.78, 5) is 24.0. The number of nitrogens with zero attached hydrogens (tertiary/aromatic N) is 2. The smallest absolute Gasteiger partial charge is 0.292 e. The molecule has 7 nitrogen and oxygen atoms in total. The van der Waals surface area contributed by atoms with Crippen LogP contribution in [0.5, 0.6) is 0 Å². The number of hydrogen-bond acceptors (Lipinski definition) is 5. The molecule has 0 aromatic heterocycles. The molecule has 0 saturated carbocycles. The van der Waals surface area contributed by atoms with E-state index in [0.717, 1.165) is 6.42 Å². The summed E-state index contributed by atoms with van der Waals surface area (Å²) < 4.78 is 0. The molecule has 1 aromatic rings. The molecule has 21 heavy (non-hydrogen) atoms. The van der Waals surface area contributed by atoms with Gasteiger partial charge in [-0.2, -0.15) is 0 Å². The van der Waals surface area contributed by atoms with Crippen LogP contribution in [-0.4, -0.2) is 36.1 Å². The minimum absolute atomic E-state index is 0.0548. The van der Waals surface area contributed by atoms with E-state index in [4.69, 9.17) is 0 Å². The number of hydrogen-bond donors (Lipinski definition) is 2. The van der Waals surface area contributed by atoms with Crippen molar-refractivity contribution in [1.29, 1.82) is 0 Å². The van der Waals surface area contributed by atoms with Gasteiger partial charge in [-0.05, 0) is 25.0 Å². The first-order valence-corrected chi connectivity index (χ1v) is 6.82. The van der Waals surface area contributed by atoms with Crippen LogP contribution < -0.4 is 10.2 Å². The number of anilines is 1. The van der Waals surface area contributed by atoms with Crippen LogP contribution in [0, 0.1) is 10.1 Å². The third-order valence-electron chi connectivity index (χ3n) is 3.13. The zero-order chi connectivity index (χ0) is 16.0. The van der Waals surface area contributed by atoms with Crippen LogP contribution in [0.1, 0.15) is 31.9 Å². The number of nitro groups is 1. The Labute approximate surface area is 123 Å². The maximum absolute atomic E-state index is 11.6. The fourth-order valence-corrected chi connectivity index (χ4v) is 2.02. The third kappa shape index (κ3) is 4.42. The van der Waals surface area contributed by atoms with Crippen molar-refractivity contribution in [2.24, 2.45) is 0 Å². The monoisotopic (exact) mass is 295 g/mol. The number of carbonyl (C=O) groups is 1. The predicted octanol–water partition coefficient (Wildman–Crippen LogP) is 1.61. The van der Waals surface area contributed by atoms with Crippen molar-refractivity contribution in [3.05, 3.63) is 33.9 Å². The maximum Gasteiger partial charge on any atom is 0.292 e. The number of nitrogens with one attached hydrogen (secondary N) is 1. The van der Waals surface area contributed by atoms with Gasteiger partial charge >= 0.3 is 0 Å². The molecule has 0 saturated heterocycles. The van der Waals surface area contributed by atoms with Crippen molar-refractivity contribution in [2.45, 2.75) is 26.4 Å². The Morgan fingerprint density at radius 2 is 2.19 bits per heavy atom. The number of benzene rings is 1. The molecule has 0 aliphatic rings. The summed E-state index contributed by atoms with van der Waals surface area (Å²) in [6.07, 6.45) is -0.0249. The lowest BCUT2D eigenvalue weighted by Gasteiger charge is -2.23. The molecule has 1 atom stereocenters. The van der Waals surface area contributed by atoms with Gasteiger partial charge < -0.3 is 15.3 Å². The summed E-state index contributed by atoms with van der Waals surface area (Å²) in [5, 5.41) is 23.3. The minimum Gasteiger partial charge on any atom is -0.389 e. The second kappa shape index (κ2) is 7.58. The van der Waals surface area contributed by atoms with Crippen molar-refractivity contribution in [1.82, 2.24) is 5.32 Å². The Balaban J connectivity index is 3.22. The van der Waals surface area contributed by atoms with E-state index in [1.165, 1.54) is 13.1 Å². The van der Waals surface area contributed by atoms with Crippen molar-refractivity contribution >= 4 is 17.3 Å². The van der Waals surface area contributed by atoms with Crippen LogP contribution >= 0.6 is 0 Å². The van der Waals surface area contributed by atoms with E-state index in [1.54, 1.807) is 24.0 Å². The molecule has 1 amide bonds. The lowest BCUT2D eigenvalue weighted by Crippen LogP contribution is -2.36. The van der Waals surface area contributed by atoms with Crippen molar-refractivity contribution in [3.8, 4) is 0 Å². The van der Waals surface area contributed by atoms with Crippen LogP contribution in [0.3, 0.4) is 0 Å². The molecule has 7 heteroatoms. The summed E-state index contributed by atoms with van der Waals surface area (Å²) in [6, 6.07) is 4.57. The fraction of sp³-hybridized carbons (Fsp3) is 0.500. The van der Waals surface area contributed by atoms with Crippen LogP contribution in [0.25, 0.3) is 0 Å². The first-order chi connectivity index (χ1) is 9.90. The zero-order valence-corrected chi connectivity index (χ0v) is 12.5. The van der Waals surface area contributed by atoms with E-state index >= 15 is 0 Å². The van der Waals surface area contributed by atoms with E-state index < -0.39 is 11.0 Å². The Kier molecular flexibility index (Phi) is 6.10. The molecule has 2 N–H and O–H groups in total. The molecular formula is C14H21N3O4. The van der Waals surface area contributed by atoms with Crippen molar-refractivity contribution in [3.63, 3.8) is 0 Å². The predicted molar refractivity (Wildman–Crippen MR) is 80.3 cm³/mol. The van der Waals surface area contributed by atoms with Gasteiger partial charge in [-0.3, -0.25) is 14.9 Å². The molecule has 0 spiro atoms. The average Bonchev–Trinajstić information content (AvgIpc) is 2.45. The Morgan fingerprint density at radius 3 is 2.67 bits per heavy atom. The molecule has 1 rings (SSSR count). The summed E-state index contributed by atoms with van der Waals surface area (Å²) in [5.41, 5.74) is 0.752. The summed E-state index contributed by atoms with van der Waals surface area (Å²) in [6.45, 7) is 4.07. The van der Waals surface area contributed by atoms with E-state index in [2.05, 4.69) is 5.32 Å². The number of likely N-dealkylation sites (N-methyl/N-ethyl adjacent to an activating group) is 1. The summed E-state index contributed by atoms with van der Waals surface area (Å²) >= 11 is 0. The number of carbonyl (C=O) groups excluding carboxylic acids is 1. The van der Waals surface area contributed by atoms with Gasteiger partial charge in [0, 0.05) is 19.7 Å². The molecule has 1 unspecified atom stereocenters. The van der Waals surface area contributed by atoms with E-state index in [9.17, 15) is 20.0 Å². The highest BCUT2D eigenvalue weighted by molar-refractivity contribution is 5.82. The van der Waals surface area contributed by atoms with Crippen LogP contribution in [-0.2, 0) is 4.79 Å². The van der Waals surface area contributed by atoms with Crippen molar-refractivity contribution in [2.75, 3.05) is 25.0 Å². The normalized spacial score (nSPS) is 11.8. The second-order valence-corrected chi connectivity index (χ2v) is 4.78. The van der Waals surface area contributed by atoms with Crippen LogP contribution in [0.4, 0.5) is 11.4 Å². The van der Waals surface area contributed by atoms with Gasteiger partial charge in [0.2, 0.25) is 5.91 Å². The summed E-state index contributed by atoms with van der Waals surface area (Å²) in [7, 11) is 1.53. The lowest BCUT2D eigenvalue weighted by molar-refractivity contribution is -0.384. The largest absolute Gasteiger partial charge is 0.389 e. The molecule has 0 bridgehead atoms. The van der Waals surface area contributed by atoms with Gasteiger partial charge in [0.25, 0.3) is 5.69 Å². The molecule has 0 aliphatic heterocycles. The van der Waals surface area contributed by atoms with Gasteiger partial charge in [-0.1, -0.05) is 13.0 Å². The SMILES string of the molecule is CCCN(CC(=O)NC)c1ccc(C(C)O)cc1[N+](=O)[O-]. The highest BCUT2D eigenvalue weighted by atomic mass is 16.6. The Bertz CT molecular complexity index is 517. The highest BCUT2D eigenvalue weighted by Gasteiger charge is 2.22. The second-order valence-electron chi connectivity index (χ2n) is 4.78. The molecule has 0 heterocycles. The highest BCUT2D eigenvalue weighted by Crippen LogP contribution is 2.31. The lowest BCUT2D eigenvalue weighted by atomic mass is 10.1. The van der Waals surface area contributed by atoms with E-state index in [0.29, 0.717) is 17.8 Å².